The number of likely N-dealkylation sites (tertiary alicyclic amines) is 2. The van der Waals surface area contributed by atoms with E-state index in [9.17, 15) is 18.0 Å². The number of fused-ring (bicyclic) bond motifs is 1. The van der Waals surface area contributed by atoms with E-state index in [1.807, 2.05) is 24.0 Å². The number of alkyl halides is 3. The summed E-state index contributed by atoms with van der Waals surface area (Å²) in [6.07, 6.45) is 6.60. The maximum Gasteiger partial charge on any atom is 0.422 e. The lowest BCUT2D eigenvalue weighted by Gasteiger charge is -2.54. The highest BCUT2D eigenvalue weighted by Gasteiger charge is 2.47. The van der Waals surface area contributed by atoms with Crippen molar-refractivity contribution in [1.82, 2.24) is 19.8 Å². The van der Waals surface area contributed by atoms with Crippen molar-refractivity contribution in [2.75, 3.05) is 56.5 Å². The Kier molecular flexibility index (Phi) is 9.27. The summed E-state index contributed by atoms with van der Waals surface area (Å²) in [6, 6.07) is 6.15. The summed E-state index contributed by atoms with van der Waals surface area (Å²) >= 11 is 0. The molecule has 4 heterocycles. The van der Waals surface area contributed by atoms with Crippen LogP contribution in [0.5, 0.6) is 11.8 Å². The molecule has 0 unspecified atom stereocenters. The van der Waals surface area contributed by atoms with Crippen LogP contribution in [0, 0.1) is 17.7 Å². The van der Waals surface area contributed by atoms with Crippen molar-refractivity contribution in [2.45, 2.75) is 89.0 Å². The van der Waals surface area contributed by atoms with Crippen molar-refractivity contribution in [2.24, 2.45) is 5.41 Å². The van der Waals surface area contributed by atoms with E-state index in [2.05, 4.69) is 16.4 Å². The summed E-state index contributed by atoms with van der Waals surface area (Å²) in [4.78, 5) is 28.7. The Morgan fingerprint density at radius 3 is 2.43 bits per heavy atom. The zero-order chi connectivity index (χ0) is 37.1. The predicted molar refractivity (Wildman–Crippen MR) is 199 cm³/mol. The number of aromatic nitrogens is 2. The van der Waals surface area contributed by atoms with E-state index in [0.29, 0.717) is 65.8 Å². The highest BCUT2D eigenvalue weighted by atomic mass is 19.4. The van der Waals surface area contributed by atoms with Crippen molar-refractivity contribution in [3.05, 3.63) is 47.5 Å². The second kappa shape index (κ2) is 13.8. The molecule has 0 atom stereocenters. The lowest BCUT2D eigenvalue weighted by molar-refractivity contribution is -0.153. The molecular formula is C40H48F3N7O3. The number of amides is 1. The molecule has 282 valence electrons. The third kappa shape index (κ3) is 6.92. The van der Waals surface area contributed by atoms with E-state index >= 15 is 0 Å². The maximum absolute atomic E-state index is 14.0. The first-order valence-electron chi connectivity index (χ1n) is 19.0. The number of nitrogens with two attached hydrogens (primary N) is 1. The molecule has 2 aromatic carbocycles. The third-order valence-electron chi connectivity index (χ3n) is 12.1. The fourth-order valence-electron chi connectivity index (χ4n) is 8.94. The number of carbonyl (C=O) groups is 1. The first-order valence-corrected chi connectivity index (χ1v) is 19.0. The number of halogens is 3. The molecule has 53 heavy (non-hydrogen) atoms. The summed E-state index contributed by atoms with van der Waals surface area (Å²) in [5, 5.41) is 8.90. The fraction of sp³-hybridized carbons (Fsp3) is 0.550. The molecule has 10 nitrogen and oxygen atoms in total. The second-order valence-electron chi connectivity index (χ2n) is 15.8. The monoisotopic (exact) mass is 731 g/mol. The maximum atomic E-state index is 14.0. The molecule has 3 N–H and O–H groups in total. The van der Waals surface area contributed by atoms with Crippen molar-refractivity contribution in [1.29, 1.82) is 5.41 Å². The number of rotatable bonds is 10. The first-order chi connectivity index (χ1) is 25.5. The molecule has 1 aromatic heterocycles. The van der Waals surface area contributed by atoms with Gasteiger partial charge >= 0.3 is 12.2 Å². The third-order valence-corrected chi connectivity index (χ3v) is 12.1. The van der Waals surface area contributed by atoms with Gasteiger partial charge in [-0.15, -0.1) is 0 Å². The molecule has 3 aliphatic heterocycles. The lowest BCUT2D eigenvalue weighted by atomic mass is 9.72. The number of anilines is 2. The van der Waals surface area contributed by atoms with Crippen LogP contribution in [0.4, 0.5) is 24.7 Å². The largest absolute Gasteiger partial charge is 0.481 e. The molecule has 1 spiro atoms. The molecule has 2 aliphatic carbocycles. The number of aryl methyl sites for hydroxylation is 1. The van der Waals surface area contributed by atoms with E-state index in [1.54, 1.807) is 6.07 Å². The van der Waals surface area contributed by atoms with E-state index in [-0.39, 0.29) is 40.6 Å². The number of nitrogens with one attached hydrogen (secondary N) is 1. The van der Waals surface area contributed by atoms with Gasteiger partial charge in [-0.2, -0.15) is 23.1 Å². The molecule has 2 saturated carbocycles. The molecule has 5 aliphatic rings. The van der Waals surface area contributed by atoms with Crippen LogP contribution in [-0.4, -0.2) is 96.1 Å². The van der Waals surface area contributed by atoms with Gasteiger partial charge in [0, 0.05) is 78.9 Å². The van der Waals surface area contributed by atoms with Gasteiger partial charge in [-0.25, -0.2) is 0 Å². The van der Waals surface area contributed by atoms with E-state index in [4.69, 9.17) is 30.6 Å². The van der Waals surface area contributed by atoms with Gasteiger partial charge < -0.3 is 35.3 Å². The lowest BCUT2D eigenvalue weighted by Crippen LogP contribution is -2.61. The predicted octanol–water partition coefficient (Wildman–Crippen LogP) is 7.01. The number of nitrogens with zero attached hydrogens (tertiary/aromatic N) is 5. The summed E-state index contributed by atoms with van der Waals surface area (Å²) < 4.78 is 54.5. The Balaban J connectivity index is 1.24. The van der Waals surface area contributed by atoms with Crippen LogP contribution in [0.25, 0.3) is 22.0 Å². The Morgan fingerprint density at radius 1 is 1.08 bits per heavy atom. The molecule has 0 bridgehead atoms. The topological polar surface area (TPSA) is 121 Å². The van der Waals surface area contributed by atoms with Crippen LogP contribution in [0.1, 0.15) is 80.4 Å². The Morgan fingerprint density at radius 2 is 1.79 bits per heavy atom. The summed E-state index contributed by atoms with van der Waals surface area (Å²) in [7, 11) is 0. The number of benzene rings is 2. The molecule has 3 aromatic rings. The zero-order valence-corrected chi connectivity index (χ0v) is 30.3. The van der Waals surface area contributed by atoms with E-state index < -0.39 is 12.8 Å². The van der Waals surface area contributed by atoms with Crippen molar-refractivity contribution < 1.29 is 27.4 Å². The van der Waals surface area contributed by atoms with Crippen LogP contribution >= 0.6 is 0 Å². The molecular weight excluding hydrogens is 683 g/mol. The smallest absolute Gasteiger partial charge is 0.422 e. The van der Waals surface area contributed by atoms with Crippen LogP contribution < -0.4 is 20.1 Å². The minimum Gasteiger partial charge on any atom is -0.481 e. The highest BCUT2D eigenvalue weighted by Crippen LogP contribution is 2.53. The van der Waals surface area contributed by atoms with E-state index in [1.165, 1.54) is 25.3 Å². The highest BCUT2D eigenvalue weighted by molar-refractivity contribution is 6.05. The van der Waals surface area contributed by atoms with Gasteiger partial charge in [-0.3, -0.25) is 4.79 Å². The normalized spacial score (nSPS) is 23.0. The van der Waals surface area contributed by atoms with Gasteiger partial charge in [0.05, 0.1) is 0 Å². The molecule has 0 radical (unpaired) electrons. The number of nitrogen functional groups attached to an aromatic ring is 1. The summed E-state index contributed by atoms with van der Waals surface area (Å²) in [6.45, 7) is 8.87. The van der Waals surface area contributed by atoms with E-state index in [0.717, 1.165) is 69.0 Å². The average Bonchev–Trinajstić information content (AvgIpc) is 3.97. The van der Waals surface area contributed by atoms with Crippen LogP contribution in [0.3, 0.4) is 0 Å². The van der Waals surface area contributed by atoms with Gasteiger partial charge in [-0.05, 0) is 99.4 Å². The van der Waals surface area contributed by atoms with Crippen LogP contribution in [-0.2, 0) is 4.79 Å². The molecule has 13 heteroatoms. The number of hydrogen-bond acceptors (Lipinski definition) is 9. The van der Waals surface area contributed by atoms with Crippen molar-refractivity contribution in [3.63, 3.8) is 0 Å². The molecule has 5 fully saturated rings. The minimum absolute atomic E-state index is 0.0119. The Bertz CT molecular complexity index is 1920. The zero-order valence-electron chi connectivity index (χ0n) is 30.3. The Hall–Kier alpha value is -4.39. The summed E-state index contributed by atoms with van der Waals surface area (Å²) in [5.41, 5.74) is 10.1. The molecule has 8 rings (SSSR count). The number of ether oxygens (including phenoxy) is 2. The second-order valence-corrected chi connectivity index (χ2v) is 15.8. The van der Waals surface area contributed by atoms with Crippen molar-refractivity contribution in [3.8, 4) is 22.9 Å². The van der Waals surface area contributed by atoms with Gasteiger partial charge in [0.2, 0.25) is 5.91 Å². The SMILES string of the molecule is C=CC(=O)N1CC2(CCN(c3nc(OC4CC(N5CCCCC5)C4)nc4c(OCC(F)(F)F)c(-c5c(C)ccc(N)c5C=N)c(C5CC5)cc34)CC2)C1. The van der Waals surface area contributed by atoms with Gasteiger partial charge in [0.25, 0.3) is 0 Å². The average molecular weight is 732 g/mol. The quantitative estimate of drug-likeness (QED) is 0.130. The number of hydrogen-bond donors (Lipinski definition) is 2. The van der Waals surface area contributed by atoms with Gasteiger partial charge in [-0.1, -0.05) is 19.1 Å². The number of piperidine rings is 2. The fourth-order valence-corrected chi connectivity index (χ4v) is 8.94. The first kappa shape index (κ1) is 35.6. The van der Waals surface area contributed by atoms with Gasteiger partial charge in [0.15, 0.2) is 12.4 Å². The minimum atomic E-state index is -4.61. The van der Waals surface area contributed by atoms with Gasteiger partial charge in [0.1, 0.15) is 17.4 Å². The molecule has 1 amide bonds. The van der Waals surface area contributed by atoms with Crippen molar-refractivity contribution >= 4 is 34.5 Å². The Labute approximate surface area is 308 Å². The van der Waals surface area contributed by atoms with Crippen LogP contribution in [0.15, 0.2) is 30.9 Å². The summed E-state index contributed by atoms with van der Waals surface area (Å²) in [5.74, 6) is 0.668. The standard InChI is InChI=1S/C40H48F3N7O3/c1-3-32(51)50-21-39(22-50)11-15-49(16-12-39)37-29-19-28(25-8-9-25)34(33-24(2)7-10-31(45)30(33)20-44)36(52-23-40(41,42)43)35(29)46-38(47-37)53-27-17-26(18-27)48-13-5-4-6-14-48/h3,7,10,19-20,25-27,44H,1,4-6,8-9,11-18,21-23,45H2,2H3. The molecule has 3 saturated heterocycles. The van der Waals surface area contributed by atoms with Crippen LogP contribution in [0.2, 0.25) is 0 Å². The number of carbonyl (C=O) groups excluding carboxylic acids is 1.